The molecule has 0 saturated carbocycles. The maximum absolute atomic E-state index is 6.38. The molecule has 2 aromatic rings. The second-order valence-electron chi connectivity index (χ2n) is 9.20. The summed E-state index contributed by atoms with van der Waals surface area (Å²) in [6.07, 6.45) is 4.36. The smallest absolute Gasteiger partial charge is 0.200 e. The van der Waals surface area contributed by atoms with E-state index in [0.717, 1.165) is 12.0 Å². The molecule has 2 atom stereocenters. The minimum Gasteiger partial charge on any atom is -0.490 e. The van der Waals surface area contributed by atoms with Crippen molar-refractivity contribution in [3.05, 3.63) is 96.2 Å². The van der Waals surface area contributed by atoms with E-state index in [9.17, 15) is 0 Å². The minimum atomic E-state index is -0.998. The zero-order valence-electron chi connectivity index (χ0n) is 23.4. The molecule has 0 bridgehead atoms. The van der Waals surface area contributed by atoms with Crippen LogP contribution in [0.5, 0.6) is 11.5 Å². The van der Waals surface area contributed by atoms with Gasteiger partial charge in [0.25, 0.3) is 0 Å². The summed E-state index contributed by atoms with van der Waals surface area (Å²) in [6, 6.07) is 17.0. The normalized spacial score (nSPS) is 18.9. The van der Waals surface area contributed by atoms with E-state index in [1.165, 1.54) is 0 Å². The number of hydrogen-bond acceptors (Lipinski definition) is 8. The van der Waals surface area contributed by atoms with E-state index in [0.29, 0.717) is 68.4 Å². The Morgan fingerprint density at radius 2 is 1.62 bits per heavy atom. The van der Waals surface area contributed by atoms with E-state index in [-0.39, 0.29) is 5.92 Å². The lowest BCUT2D eigenvalue weighted by molar-refractivity contribution is -0.499. The highest BCUT2D eigenvalue weighted by Crippen LogP contribution is 2.41. The summed E-state index contributed by atoms with van der Waals surface area (Å²) < 4.78 is 29.7. The third-order valence-corrected chi connectivity index (χ3v) is 6.06. The van der Waals surface area contributed by atoms with Gasteiger partial charge in [0.15, 0.2) is 23.0 Å². The van der Waals surface area contributed by atoms with Crippen LogP contribution >= 0.6 is 0 Å². The molecule has 212 valence electrons. The molecule has 0 N–H and O–H groups in total. The van der Waals surface area contributed by atoms with Crippen LogP contribution in [0.2, 0.25) is 0 Å². The van der Waals surface area contributed by atoms with Gasteiger partial charge in [0.05, 0.1) is 39.0 Å². The van der Waals surface area contributed by atoms with Crippen LogP contribution in [0, 0.1) is 12.8 Å². The minimum absolute atomic E-state index is 0.294. The van der Waals surface area contributed by atoms with E-state index in [2.05, 4.69) is 6.58 Å². The predicted octanol–water partition coefficient (Wildman–Crippen LogP) is 6.48. The van der Waals surface area contributed by atoms with Gasteiger partial charge in [-0.05, 0) is 55.1 Å². The van der Waals surface area contributed by atoms with Gasteiger partial charge in [-0.25, -0.2) is 0 Å². The molecule has 0 heterocycles. The first kappa shape index (κ1) is 30.2. The summed E-state index contributed by atoms with van der Waals surface area (Å²) in [5.74, 6) is 2.42. The highest BCUT2D eigenvalue weighted by molar-refractivity contribution is 5.37. The van der Waals surface area contributed by atoms with Crippen molar-refractivity contribution < 1.29 is 38.5 Å². The quantitative estimate of drug-likeness (QED) is 0.0920. The Bertz CT molecular complexity index is 1080. The summed E-state index contributed by atoms with van der Waals surface area (Å²) in [5, 5.41) is 5.30. The van der Waals surface area contributed by atoms with Crippen LogP contribution < -0.4 is 9.62 Å². The van der Waals surface area contributed by atoms with Crippen LogP contribution in [0.4, 0.5) is 0 Å². The Kier molecular flexibility index (Phi) is 12.4. The lowest BCUT2D eigenvalue weighted by atomic mass is 9.84. The van der Waals surface area contributed by atoms with Crippen molar-refractivity contribution in [2.45, 2.75) is 39.7 Å². The van der Waals surface area contributed by atoms with Gasteiger partial charge in [0.2, 0.25) is 0 Å². The summed E-state index contributed by atoms with van der Waals surface area (Å²) in [6.45, 7) is 14.0. The molecule has 0 fully saturated rings. The van der Waals surface area contributed by atoms with Gasteiger partial charge in [0.1, 0.15) is 18.0 Å². The fourth-order valence-electron chi connectivity index (χ4n) is 3.70. The molecular weight excluding hydrogens is 500 g/mol. The van der Waals surface area contributed by atoms with E-state index in [4.69, 9.17) is 38.5 Å². The molecule has 0 saturated heterocycles. The molecule has 0 aliphatic heterocycles. The largest absolute Gasteiger partial charge is 0.490 e. The zero-order chi connectivity index (χ0) is 27.9. The van der Waals surface area contributed by atoms with Crippen molar-refractivity contribution in [3.8, 4) is 11.5 Å². The van der Waals surface area contributed by atoms with E-state index >= 15 is 0 Å². The number of hydrogen-bond donors (Lipinski definition) is 0. The molecule has 3 rings (SSSR count). The van der Waals surface area contributed by atoms with Crippen LogP contribution in [0.1, 0.15) is 32.8 Å². The second-order valence-corrected chi connectivity index (χ2v) is 9.20. The van der Waals surface area contributed by atoms with Crippen molar-refractivity contribution in [2.75, 3.05) is 39.6 Å². The number of para-hydroxylation sites is 2. The van der Waals surface area contributed by atoms with Crippen molar-refractivity contribution in [2.24, 2.45) is 5.92 Å². The Balaban J connectivity index is 1.79. The monoisotopic (exact) mass is 540 g/mol. The lowest BCUT2D eigenvalue weighted by Gasteiger charge is -2.37. The maximum atomic E-state index is 6.38. The standard InChI is InChI=1S/C31H40O8/c1-6-17-32-19-20-33-21-22-35-30-28(34-18-7-2)23-31(5,38-39-37-27-16-12-11-13-24(27)3)25(4)29(30)36-26-14-9-8-10-15-26/h6,8-16,23,25H,1,7,17-22H2,2-5H3. The maximum Gasteiger partial charge on any atom is 0.200 e. The topological polar surface area (TPSA) is 73.8 Å². The Morgan fingerprint density at radius 1 is 0.897 bits per heavy atom. The summed E-state index contributed by atoms with van der Waals surface area (Å²) in [5.41, 5.74) is -0.0783. The number of ether oxygens (including phenoxy) is 5. The first-order valence-electron chi connectivity index (χ1n) is 13.3. The van der Waals surface area contributed by atoms with E-state index in [1.54, 1.807) is 12.1 Å². The molecular formula is C31H40O8. The van der Waals surface area contributed by atoms with Crippen LogP contribution in [0.3, 0.4) is 0 Å². The Labute approximate surface area is 231 Å². The average Bonchev–Trinajstić information content (AvgIpc) is 2.94. The summed E-state index contributed by atoms with van der Waals surface area (Å²) in [4.78, 5) is 11.3. The number of rotatable bonds is 18. The fraction of sp³-hybridized carbons (Fsp3) is 0.419. The second kappa shape index (κ2) is 16.0. The molecule has 8 heteroatoms. The highest BCUT2D eigenvalue weighted by atomic mass is 17.5. The van der Waals surface area contributed by atoms with Crippen molar-refractivity contribution in [3.63, 3.8) is 0 Å². The molecule has 2 unspecified atom stereocenters. The van der Waals surface area contributed by atoms with Crippen LogP contribution in [-0.2, 0) is 28.9 Å². The van der Waals surface area contributed by atoms with Gasteiger partial charge < -0.3 is 28.6 Å². The molecule has 2 aromatic carbocycles. The van der Waals surface area contributed by atoms with Crippen LogP contribution in [0.25, 0.3) is 0 Å². The molecule has 1 aliphatic carbocycles. The number of aryl methyl sites for hydroxylation is 1. The molecule has 1 aliphatic rings. The number of benzene rings is 2. The predicted molar refractivity (Wildman–Crippen MR) is 148 cm³/mol. The van der Waals surface area contributed by atoms with Crippen LogP contribution in [0.15, 0.2) is 90.6 Å². The first-order valence-corrected chi connectivity index (χ1v) is 13.3. The van der Waals surface area contributed by atoms with Crippen molar-refractivity contribution >= 4 is 0 Å². The van der Waals surface area contributed by atoms with Gasteiger partial charge in [-0.1, -0.05) is 56.3 Å². The molecule has 0 spiro atoms. The highest BCUT2D eigenvalue weighted by Gasteiger charge is 2.44. The van der Waals surface area contributed by atoms with Crippen molar-refractivity contribution in [1.82, 2.24) is 0 Å². The Morgan fingerprint density at radius 3 is 2.36 bits per heavy atom. The third-order valence-electron chi connectivity index (χ3n) is 6.06. The van der Waals surface area contributed by atoms with Crippen LogP contribution in [-0.4, -0.2) is 45.2 Å². The van der Waals surface area contributed by atoms with E-state index in [1.807, 2.05) is 82.3 Å². The first-order chi connectivity index (χ1) is 19.0. The van der Waals surface area contributed by atoms with Gasteiger partial charge in [-0.15, -0.1) is 6.58 Å². The molecule has 8 nitrogen and oxygen atoms in total. The van der Waals surface area contributed by atoms with Gasteiger partial charge in [0, 0.05) is 0 Å². The summed E-state index contributed by atoms with van der Waals surface area (Å²) >= 11 is 0. The summed E-state index contributed by atoms with van der Waals surface area (Å²) in [7, 11) is 0. The third kappa shape index (κ3) is 9.14. The molecule has 0 aromatic heterocycles. The van der Waals surface area contributed by atoms with Gasteiger partial charge in [-0.2, -0.15) is 4.89 Å². The van der Waals surface area contributed by atoms with Gasteiger partial charge in [-0.3, -0.25) is 0 Å². The molecule has 39 heavy (non-hydrogen) atoms. The average molecular weight is 541 g/mol. The molecule has 0 amide bonds. The van der Waals surface area contributed by atoms with Gasteiger partial charge >= 0.3 is 0 Å². The zero-order valence-corrected chi connectivity index (χ0v) is 23.4. The Hall–Kier alpha value is -3.30. The van der Waals surface area contributed by atoms with Crippen molar-refractivity contribution in [1.29, 1.82) is 0 Å². The SMILES string of the molecule is C=CCOCCOCCOC1=C(Oc2ccccc2)C(C)C(C)(OOOc2ccccc2C)C=C1OCCC. The van der Waals surface area contributed by atoms with E-state index < -0.39 is 5.60 Å². The molecule has 0 radical (unpaired) electrons. The fourth-order valence-corrected chi connectivity index (χ4v) is 3.70. The lowest BCUT2D eigenvalue weighted by Crippen LogP contribution is -2.41.